The number of ether oxygens (including phenoxy) is 2. The van der Waals surface area contributed by atoms with Crippen LogP contribution in [-0.2, 0) is 16.0 Å². The Kier molecular flexibility index (Phi) is 8.80. The van der Waals surface area contributed by atoms with Gasteiger partial charge in [-0.05, 0) is 49.6 Å². The summed E-state index contributed by atoms with van der Waals surface area (Å²) in [5.41, 5.74) is 2.11. The van der Waals surface area contributed by atoms with Crippen molar-refractivity contribution < 1.29 is 24.2 Å². The molecule has 1 unspecified atom stereocenters. The van der Waals surface area contributed by atoms with Crippen molar-refractivity contribution in [3.63, 3.8) is 0 Å². The van der Waals surface area contributed by atoms with E-state index in [-0.39, 0.29) is 12.5 Å². The third-order valence-corrected chi connectivity index (χ3v) is 5.73. The molecule has 3 rings (SSSR count). The van der Waals surface area contributed by atoms with Gasteiger partial charge in [0.25, 0.3) is 5.91 Å². The normalized spacial score (nSPS) is 15.6. The maximum Gasteiger partial charge on any atom is 0.311 e. The van der Waals surface area contributed by atoms with Crippen LogP contribution in [0.5, 0.6) is 11.5 Å². The lowest BCUT2D eigenvalue weighted by atomic mass is 9.93. The van der Waals surface area contributed by atoms with Crippen LogP contribution in [0.4, 0.5) is 0 Å². The van der Waals surface area contributed by atoms with E-state index in [0.717, 1.165) is 5.56 Å². The predicted octanol–water partition coefficient (Wildman–Crippen LogP) is 5.18. The predicted molar refractivity (Wildman–Crippen MR) is 128 cm³/mol. The number of carboxylic acid groups (broad SMARTS) is 1. The van der Waals surface area contributed by atoms with E-state index in [1.807, 2.05) is 24.3 Å². The lowest BCUT2D eigenvalue weighted by Gasteiger charge is -2.24. The second-order valence-electron chi connectivity index (χ2n) is 7.44. The molecule has 6 nitrogen and oxygen atoms in total. The van der Waals surface area contributed by atoms with Crippen LogP contribution >= 0.6 is 23.2 Å². The molecule has 1 aliphatic rings. The van der Waals surface area contributed by atoms with E-state index in [1.165, 1.54) is 0 Å². The van der Waals surface area contributed by atoms with Crippen molar-refractivity contribution in [3.05, 3.63) is 81.4 Å². The summed E-state index contributed by atoms with van der Waals surface area (Å²) >= 11 is 12.3. The van der Waals surface area contributed by atoms with Gasteiger partial charge in [0, 0.05) is 28.8 Å². The second-order valence-corrected chi connectivity index (χ2v) is 8.29. The minimum atomic E-state index is -0.906. The molecule has 0 saturated heterocycles. The first-order chi connectivity index (χ1) is 15.9. The zero-order chi connectivity index (χ0) is 23.8. The molecule has 1 amide bonds. The van der Waals surface area contributed by atoms with Crippen molar-refractivity contribution in [2.24, 2.45) is 0 Å². The van der Waals surface area contributed by atoms with Crippen LogP contribution in [-0.4, -0.2) is 36.7 Å². The summed E-state index contributed by atoms with van der Waals surface area (Å²) in [6, 6.07) is 10.7. The van der Waals surface area contributed by atoms with Gasteiger partial charge in [-0.2, -0.15) is 0 Å². The Morgan fingerprint density at radius 3 is 2.82 bits per heavy atom. The Morgan fingerprint density at radius 1 is 1.27 bits per heavy atom. The molecule has 174 valence electrons. The highest BCUT2D eigenvalue weighted by Gasteiger charge is 2.28. The smallest absolute Gasteiger partial charge is 0.311 e. The molecule has 1 heterocycles. The van der Waals surface area contributed by atoms with E-state index in [2.05, 4.69) is 5.32 Å². The Hall–Kier alpha value is -2.96. The zero-order valence-corrected chi connectivity index (χ0v) is 19.7. The third kappa shape index (κ3) is 6.76. The van der Waals surface area contributed by atoms with Crippen molar-refractivity contribution in [1.82, 2.24) is 5.32 Å². The second kappa shape index (κ2) is 11.8. The maximum atomic E-state index is 12.4. The SMILES string of the molecule is C/C=C(\C=C/COc1cc2c(cc1Cl)C(C(=O)O)CCO2)C(=O)NCCc1cccc(Cl)c1. The number of amides is 1. The molecule has 2 aromatic rings. The largest absolute Gasteiger partial charge is 0.493 e. The molecule has 0 bridgehead atoms. The van der Waals surface area contributed by atoms with Gasteiger partial charge in [-0.1, -0.05) is 47.5 Å². The van der Waals surface area contributed by atoms with E-state index < -0.39 is 11.9 Å². The van der Waals surface area contributed by atoms with Gasteiger partial charge in [-0.3, -0.25) is 9.59 Å². The summed E-state index contributed by atoms with van der Waals surface area (Å²) < 4.78 is 11.3. The van der Waals surface area contributed by atoms with Crippen LogP contribution in [0.1, 0.15) is 30.4 Å². The summed E-state index contributed by atoms with van der Waals surface area (Å²) in [4.78, 5) is 23.9. The van der Waals surface area contributed by atoms with Gasteiger partial charge in [0.1, 0.15) is 18.1 Å². The number of carbonyl (C=O) groups is 2. The zero-order valence-electron chi connectivity index (χ0n) is 18.1. The van der Waals surface area contributed by atoms with Crippen molar-refractivity contribution in [2.75, 3.05) is 19.8 Å². The molecule has 0 aliphatic carbocycles. The van der Waals surface area contributed by atoms with Crippen molar-refractivity contribution in [2.45, 2.75) is 25.7 Å². The van der Waals surface area contributed by atoms with Gasteiger partial charge in [0.05, 0.1) is 17.5 Å². The molecular weight excluding hydrogens is 465 g/mol. The Morgan fingerprint density at radius 2 is 2.09 bits per heavy atom. The fourth-order valence-corrected chi connectivity index (χ4v) is 3.93. The van der Waals surface area contributed by atoms with Crippen LogP contribution in [0, 0.1) is 0 Å². The minimum Gasteiger partial charge on any atom is -0.493 e. The molecule has 2 aromatic carbocycles. The number of rotatable bonds is 9. The van der Waals surface area contributed by atoms with Gasteiger partial charge < -0.3 is 19.9 Å². The van der Waals surface area contributed by atoms with Gasteiger partial charge >= 0.3 is 5.97 Å². The van der Waals surface area contributed by atoms with E-state index in [9.17, 15) is 14.7 Å². The van der Waals surface area contributed by atoms with Crippen LogP contribution in [0.15, 0.2) is 60.2 Å². The van der Waals surface area contributed by atoms with E-state index >= 15 is 0 Å². The molecule has 0 radical (unpaired) electrons. The molecule has 0 spiro atoms. The van der Waals surface area contributed by atoms with Crippen molar-refractivity contribution in [3.8, 4) is 11.5 Å². The number of hydrogen-bond donors (Lipinski definition) is 2. The number of benzene rings is 2. The average molecular weight is 490 g/mol. The van der Waals surface area contributed by atoms with E-state index in [0.29, 0.717) is 58.7 Å². The molecule has 2 N–H and O–H groups in total. The first kappa shape index (κ1) is 24.7. The van der Waals surface area contributed by atoms with Crippen LogP contribution in [0.3, 0.4) is 0 Å². The summed E-state index contributed by atoms with van der Waals surface area (Å²) in [5, 5.41) is 13.2. The monoisotopic (exact) mass is 489 g/mol. The molecule has 33 heavy (non-hydrogen) atoms. The van der Waals surface area contributed by atoms with Gasteiger partial charge in [0.15, 0.2) is 0 Å². The lowest BCUT2D eigenvalue weighted by Crippen LogP contribution is -2.26. The number of aliphatic carboxylic acids is 1. The summed E-state index contributed by atoms with van der Waals surface area (Å²) in [6.45, 7) is 2.77. The molecule has 0 fully saturated rings. The van der Waals surface area contributed by atoms with Gasteiger partial charge in [-0.25, -0.2) is 0 Å². The van der Waals surface area contributed by atoms with Gasteiger partial charge in [-0.15, -0.1) is 0 Å². The standard InChI is InChI=1S/C25H25Cl2NO5/c1-2-17(24(29)28-10-8-16-5-3-7-18(26)13-16)6-4-11-32-23-15-22-20(14-21(23)27)19(25(30)31)9-12-33-22/h2-7,13-15,19H,8-12H2,1H3,(H,28,29)(H,30,31)/b6-4-,17-2+. The van der Waals surface area contributed by atoms with E-state index in [4.69, 9.17) is 32.7 Å². The fraction of sp³-hybridized carbons (Fsp3) is 0.280. The minimum absolute atomic E-state index is 0.175. The fourth-order valence-electron chi connectivity index (χ4n) is 3.49. The lowest BCUT2D eigenvalue weighted by molar-refractivity contribution is -0.139. The van der Waals surface area contributed by atoms with Crippen LogP contribution in [0.2, 0.25) is 10.0 Å². The molecule has 8 heteroatoms. The van der Waals surface area contributed by atoms with Gasteiger partial charge in [0.2, 0.25) is 0 Å². The molecular formula is C25H25Cl2NO5. The highest BCUT2D eigenvalue weighted by Crippen LogP contribution is 2.40. The van der Waals surface area contributed by atoms with Crippen LogP contribution in [0.25, 0.3) is 0 Å². The molecule has 0 saturated carbocycles. The maximum absolute atomic E-state index is 12.4. The summed E-state index contributed by atoms with van der Waals surface area (Å²) in [6.07, 6.45) is 6.18. The van der Waals surface area contributed by atoms with E-state index in [1.54, 1.807) is 37.3 Å². The summed E-state index contributed by atoms with van der Waals surface area (Å²) in [7, 11) is 0. The first-order valence-corrected chi connectivity index (χ1v) is 11.3. The Bertz CT molecular complexity index is 1080. The number of carbonyl (C=O) groups excluding carboxylic acids is 1. The number of hydrogen-bond acceptors (Lipinski definition) is 4. The average Bonchev–Trinajstić information content (AvgIpc) is 2.78. The third-order valence-electron chi connectivity index (χ3n) is 5.20. The highest BCUT2D eigenvalue weighted by atomic mass is 35.5. The van der Waals surface area contributed by atoms with Crippen molar-refractivity contribution >= 4 is 35.1 Å². The number of allylic oxidation sites excluding steroid dienone is 1. The topological polar surface area (TPSA) is 84.9 Å². The Balaban J connectivity index is 1.52. The van der Waals surface area contributed by atoms with Crippen molar-refractivity contribution in [1.29, 1.82) is 0 Å². The molecule has 1 aliphatic heterocycles. The number of fused-ring (bicyclic) bond motifs is 1. The molecule has 0 aromatic heterocycles. The Labute approximate surface area is 202 Å². The summed E-state index contributed by atoms with van der Waals surface area (Å²) in [5.74, 6) is -0.883. The number of carboxylic acids is 1. The van der Waals surface area contributed by atoms with Crippen LogP contribution < -0.4 is 14.8 Å². The molecule has 1 atom stereocenters. The quantitative estimate of drug-likeness (QED) is 0.374. The number of nitrogens with one attached hydrogen (secondary N) is 1. The highest BCUT2D eigenvalue weighted by molar-refractivity contribution is 6.32. The first-order valence-electron chi connectivity index (χ1n) is 10.6. The number of halogens is 2.